The van der Waals surface area contributed by atoms with E-state index >= 15 is 0 Å². The van der Waals surface area contributed by atoms with Crippen molar-refractivity contribution in [1.29, 1.82) is 0 Å². The molecule has 2 aromatic rings. The topological polar surface area (TPSA) is 37.7 Å². The first-order valence-corrected chi connectivity index (χ1v) is 11.6. The van der Waals surface area contributed by atoms with Gasteiger partial charge in [-0.05, 0) is 45.2 Å². The summed E-state index contributed by atoms with van der Waals surface area (Å²) < 4.78 is 8.00. The van der Waals surface area contributed by atoms with E-state index in [1.165, 1.54) is 32.1 Å². The van der Waals surface area contributed by atoms with Crippen LogP contribution in [-0.2, 0) is 6.54 Å². The zero-order valence-electron chi connectivity index (χ0n) is 19.1. The summed E-state index contributed by atoms with van der Waals surface area (Å²) in [6.07, 6.45) is 8.67. The molecule has 1 amide bonds. The molecule has 0 radical (unpaired) electrons. The van der Waals surface area contributed by atoms with E-state index in [0.717, 1.165) is 54.9 Å². The number of para-hydroxylation sites is 1. The summed E-state index contributed by atoms with van der Waals surface area (Å²) >= 11 is 0. The van der Waals surface area contributed by atoms with Crippen molar-refractivity contribution in [3.05, 3.63) is 30.0 Å². The SMILES string of the molecule is CCN1CCN(C(=O)c2cn(CC3CCCCC3)c3c(OC)cccc23)CC1(C)C. The van der Waals surface area contributed by atoms with Crippen LogP contribution >= 0.6 is 0 Å². The van der Waals surface area contributed by atoms with Crippen molar-refractivity contribution in [3.8, 4) is 5.75 Å². The minimum atomic E-state index is 0.000810. The molecule has 1 saturated heterocycles. The van der Waals surface area contributed by atoms with Gasteiger partial charge in [0.25, 0.3) is 5.91 Å². The lowest BCUT2D eigenvalue weighted by atomic mass is 9.89. The van der Waals surface area contributed by atoms with Gasteiger partial charge in [-0.25, -0.2) is 0 Å². The molecule has 0 spiro atoms. The molecule has 4 rings (SSSR count). The standard InChI is InChI=1S/C25H37N3O2/c1-5-28-15-14-26(18-25(28,2)3)24(29)21-17-27(16-19-10-7-6-8-11-19)23-20(21)12-9-13-22(23)30-4/h9,12-13,17,19H,5-8,10-11,14-16,18H2,1-4H3. The van der Waals surface area contributed by atoms with Crippen molar-refractivity contribution in [2.75, 3.05) is 33.3 Å². The zero-order valence-corrected chi connectivity index (χ0v) is 19.1. The summed E-state index contributed by atoms with van der Waals surface area (Å²) in [5.74, 6) is 1.70. The summed E-state index contributed by atoms with van der Waals surface area (Å²) in [5.41, 5.74) is 1.89. The normalized spacial score (nSPS) is 20.6. The van der Waals surface area contributed by atoms with Gasteiger partial charge in [0.15, 0.2) is 0 Å². The molecule has 30 heavy (non-hydrogen) atoms. The number of aromatic nitrogens is 1. The van der Waals surface area contributed by atoms with Gasteiger partial charge in [-0.2, -0.15) is 0 Å². The number of fused-ring (bicyclic) bond motifs is 1. The summed E-state index contributed by atoms with van der Waals surface area (Å²) in [4.78, 5) is 18.2. The molecule has 5 nitrogen and oxygen atoms in total. The maximum absolute atomic E-state index is 13.7. The summed E-state index contributed by atoms with van der Waals surface area (Å²) in [6, 6.07) is 6.09. The van der Waals surface area contributed by atoms with Crippen LogP contribution in [0.3, 0.4) is 0 Å². The number of piperazine rings is 1. The van der Waals surface area contributed by atoms with Crippen molar-refractivity contribution >= 4 is 16.8 Å². The summed E-state index contributed by atoms with van der Waals surface area (Å²) in [5, 5.41) is 1.02. The molecule has 1 aromatic heterocycles. The van der Waals surface area contributed by atoms with Gasteiger partial charge in [0.2, 0.25) is 0 Å². The number of benzene rings is 1. The van der Waals surface area contributed by atoms with Gasteiger partial charge in [-0.3, -0.25) is 9.69 Å². The van der Waals surface area contributed by atoms with E-state index in [2.05, 4.69) is 42.5 Å². The lowest BCUT2D eigenvalue weighted by Gasteiger charge is -2.46. The molecule has 1 aliphatic carbocycles. The molecule has 1 saturated carbocycles. The molecule has 2 aliphatic rings. The molecule has 1 aliphatic heterocycles. The van der Waals surface area contributed by atoms with Gasteiger partial charge in [0.1, 0.15) is 5.75 Å². The quantitative estimate of drug-likeness (QED) is 0.710. The Balaban J connectivity index is 1.67. The van der Waals surface area contributed by atoms with Gasteiger partial charge < -0.3 is 14.2 Å². The van der Waals surface area contributed by atoms with Crippen LogP contribution in [0.1, 0.15) is 63.2 Å². The molecule has 164 valence electrons. The Morgan fingerprint density at radius 1 is 1.17 bits per heavy atom. The second kappa shape index (κ2) is 8.62. The molecule has 2 heterocycles. The van der Waals surface area contributed by atoms with Crippen LogP contribution in [0.5, 0.6) is 5.75 Å². The number of likely N-dealkylation sites (N-methyl/N-ethyl adjacent to an activating group) is 1. The fourth-order valence-electron chi connectivity index (χ4n) is 5.57. The Morgan fingerprint density at radius 2 is 1.93 bits per heavy atom. The van der Waals surface area contributed by atoms with Crippen molar-refractivity contribution in [2.24, 2.45) is 5.92 Å². The molecule has 0 bridgehead atoms. The predicted octanol–water partition coefficient (Wildman–Crippen LogP) is 4.79. The number of carbonyl (C=O) groups excluding carboxylic acids is 1. The molecular weight excluding hydrogens is 374 g/mol. The van der Waals surface area contributed by atoms with Gasteiger partial charge in [-0.1, -0.05) is 38.3 Å². The van der Waals surface area contributed by atoms with Crippen LogP contribution in [0.15, 0.2) is 24.4 Å². The third-order valence-electron chi connectivity index (χ3n) is 7.23. The lowest BCUT2D eigenvalue weighted by molar-refractivity contribution is 0.0211. The number of methoxy groups -OCH3 is 1. The maximum Gasteiger partial charge on any atom is 0.256 e. The number of hydrogen-bond donors (Lipinski definition) is 0. The maximum atomic E-state index is 13.7. The van der Waals surface area contributed by atoms with Crippen LogP contribution in [0.25, 0.3) is 10.9 Å². The monoisotopic (exact) mass is 411 g/mol. The van der Waals surface area contributed by atoms with Gasteiger partial charge in [0.05, 0.1) is 18.2 Å². The average Bonchev–Trinajstić information content (AvgIpc) is 3.11. The van der Waals surface area contributed by atoms with Crippen LogP contribution in [0, 0.1) is 5.92 Å². The fourth-order valence-corrected chi connectivity index (χ4v) is 5.57. The number of ether oxygens (including phenoxy) is 1. The first-order valence-electron chi connectivity index (χ1n) is 11.6. The van der Waals surface area contributed by atoms with Crippen molar-refractivity contribution in [2.45, 2.75) is 65.0 Å². The van der Waals surface area contributed by atoms with Crippen LogP contribution < -0.4 is 4.74 Å². The van der Waals surface area contributed by atoms with Gasteiger partial charge >= 0.3 is 0 Å². The molecule has 0 N–H and O–H groups in total. The first-order chi connectivity index (χ1) is 14.4. The third-order valence-corrected chi connectivity index (χ3v) is 7.23. The molecular formula is C25H37N3O2. The van der Waals surface area contributed by atoms with Crippen molar-refractivity contribution < 1.29 is 9.53 Å². The smallest absolute Gasteiger partial charge is 0.256 e. The predicted molar refractivity (Wildman–Crippen MR) is 122 cm³/mol. The van der Waals surface area contributed by atoms with Crippen LogP contribution in [0.2, 0.25) is 0 Å². The second-order valence-corrected chi connectivity index (χ2v) is 9.67. The molecule has 1 aromatic carbocycles. The molecule has 0 atom stereocenters. The molecule has 2 fully saturated rings. The van der Waals surface area contributed by atoms with Gasteiger partial charge in [0, 0.05) is 43.3 Å². The minimum Gasteiger partial charge on any atom is -0.495 e. The Kier molecular flexibility index (Phi) is 6.10. The van der Waals surface area contributed by atoms with E-state index in [1.54, 1.807) is 7.11 Å². The van der Waals surface area contributed by atoms with E-state index in [0.29, 0.717) is 5.92 Å². The van der Waals surface area contributed by atoms with Crippen molar-refractivity contribution in [3.63, 3.8) is 0 Å². The Morgan fingerprint density at radius 3 is 2.60 bits per heavy atom. The fraction of sp³-hybridized carbons (Fsp3) is 0.640. The summed E-state index contributed by atoms with van der Waals surface area (Å²) in [6.45, 7) is 11.2. The van der Waals surface area contributed by atoms with E-state index in [9.17, 15) is 4.79 Å². The zero-order chi connectivity index (χ0) is 21.3. The second-order valence-electron chi connectivity index (χ2n) is 9.67. The van der Waals surface area contributed by atoms with E-state index in [-0.39, 0.29) is 11.4 Å². The highest BCUT2D eigenvalue weighted by molar-refractivity contribution is 6.08. The van der Waals surface area contributed by atoms with Crippen molar-refractivity contribution in [1.82, 2.24) is 14.4 Å². The minimum absolute atomic E-state index is 0.000810. The highest BCUT2D eigenvalue weighted by Crippen LogP contribution is 2.34. The van der Waals surface area contributed by atoms with Gasteiger partial charge in [-0.15, -0.1) is 0 Å². The number of hydrogen-bond acceptors (Lipinski definition) is 3. The van der Waals surface area contributed by atoms with Crippen LogP contribution in [-0.4, -0.2) is 59.1 Å². The number of amides is 1. The van der Waals surface area contributed by atoms with E-state index in [4.69, 9.17) is 4.74 Å². The Labute approximate surface area is 181 Å². The number of rotatable bonds is 5. The number of carbonyl (C=O) groups is 1. The van der Waals surface area contributed by atoms with E-state index < -0.39 is 0 Å². The average molecular weight is 412 g/mol. The first kappa shape index (κ1) is 21.2. The molecule has 5 heteroatoms. The Hall–Kier alpha value is -2.01. The molecule has 0 unspecified atom stereocenters. The Bertz CT molecular complexity index is 895. The lowest BCUT2D eigenvalue weighted by Crippen LogP contribution is -2.60. The largest absolute Gasteiger partial charge is 0.495 e. The number of nitrogens with zero attached hydrogens (tertiary/aromatic N) is 3. The van der Waals surface area contributed by atoms with E-state index in [1.807, 2.05) is 17.0 Å². The van der Waals surface area contributed by atoms with Crippen LogP contribution in [0.4, 0.5) is 0 Å². The highest BCUT2D eigenvalue weighted by Gasteiger charge is 2.35. The third kappa shape index (κ3) is 3.96. The summed E-state index contributed by atoms with van der Waals surface area (Å²) in [7, 11) is 1.72. The highest BCUT2D eigenvalue weighted by atomic mass is 16.5.